The molecular formula is C23H27N7OS. The minimum Gasteiger partial charge on any atom is -0.366 e. The number of hydrogen-bond acceptors (Lipinski definition) is 7. The van der Waals surface area contributed by atoms with E-state index in [1.54, 1.807) is 4.52 Å². The van der Waals surface area contributed by atoms with Gasteiger partial charge in [0.2, 0.25) is 11.9 Å². The van der Waals surface area contributed by atoms with E-state index >= 15 is 0 Å². The summed E-state index contributed by atoms with van der Waals surface area (Å²) in [6.07, 6.45) is 0.854. The third-order valence-electron chi connectivity index (χ3n) is 5.46. The Morgan fingerprint density at radius 1 is 1.12 bits per heavy atom. The molecule has 9 heteroatoms. The molecule has 8 nitrogen and oxygen atoms in total. The highest BCUT2D eigenvalue weighted by molar-refractivity contribution is 7.14. The number of nitrogens with two attached hydrogens (primary N) is 1. The van der Waals surface area contributed by atoms with E-state index in [0.717, 1.165) is 28.2 Å². The zero-order valence-corrected chi connectivity index (χ0v) is 19.7. The van der Waals surface area contributed by atoms with E-state index in [4.69, 9.17) is 5.73 Å². The van der Waals surface area contributed by atoms with E-state index in [9.17, 15) is 4.79 Å². The lowest BCUT2D eigenvalue weighted by Crippen LogP contribution is -2.14. The average molecular weight is 450 g/mol. The first-order valence-electron chi connectivity index (χ1n) is 10.5. The zero-order chi connectivity index (χ0) is 23.0. The lowest BCUT2D eigenvalue weighted by molar-refractivity contribution is -0.116. The SMILES string of the molecule is Cc1nc2nc(N)nn2c(C)c1CCC(=O)Nc1nc(-c2ccc(C(C)(C)C)cc2)cs1. The van der Waals surface area contributed by atoms with Crippen molar-refractivity contribution in [3.8, 4) is 11.3 Å². The smallest absolute Gasteiger partial charge is 0.254 e. The second kappa shape index (κ2) is 8.31. The Balaban J connectivity index is 1.41. The molecule has 0 bridgehead atoms. The summed E-state index contributed by atoms with van der Waals surface area (Å²) in [7, 11) is 0. The van der Waals surface area contributed by atoms with Crippen LogP contribution in [0.4, 0.5) is 11.1 Å². The van der Waals surface area contributed by atoms with E-state index in [2.05, 4.69) is 70.4 Å². The highest BCUT2D eigenvalue weighted by Crippen LogP contribution is 2.28. The van der Waals surface area contributed by atoms with Crippen molar-refractivity contribution in [2.24, 2.45) is 0 Å². The molecule has 3 N–H and O–H groups in total. The fraction of sp³-hybridized carbons (Fsp3) is 0.348. The number of nitrogens with one attached hydrogen (secondary N) is 1. The van der Waals surface area contributed by atoms with Gasteiger partial charge in [-0.05, 0) is 36.8 Å². The number of rotatable bonds is 5. The van der Waals surface area contributed by atoms with Gasteiger partial charge in [0.25, 0.3) is 5.78 Å². The molecule has 166 valence electrons. The zero-order valence-electron chi connectivity index (χ0n) is 18.9. The van der Waals surface area contributed by atoms with Gasteiger partial charge in [0.1, 0.15) is 0 Å². The Morgan fingerprint density at radius 2 is 1.84 bits per heavy atom. The van der Waals surface area contributed by atoms with Crippen LogP contribution in [0.25, 0.3) is 17.0 Å². The fourth-order valence-corrected chi connectivity index (χ4v) is 4.35. The van der Waals surface area contributed by atoms with Gasteiger partial charge < -0.3 is 11.1 Å². The summed E-state index contributed by atoms with van der Waals surface area (Å²) >= 11 is 1.42. The lowest BCUT2D eigenvalue weighted by Gasteiger charge is -2.18. The number of aromatic nitrogens is 5. The average Bonchev–Trinajstić information content (AvgIpc) is 3.33. The van der Waals surface area contributed by atoms with Crippen molar-refractivity contribution in [2.75, 3.05) is 11.1 Å². The molecule has 0 saturated carbocycles. The number of amides is 1. The third-order valence-corrected chi connectivity index (χ3v) is 6.22. The van der Waals surface area contributed by atoms with Crippen molar-refractivity contribution in [3.05, 3.63) is 52.2 Å². The van der Waals surface area contributed by atoms with E-state index in [1.165, 1.54) is 16.9 Å². The maximum atomic E-state index is 12.6. The molecule has 1 aromatic carbocycles. The van der Waals surface area contributed by atoms with Crippen molar-refractivity contribution in [1.29, 1.82) is 0 Å². The summed E-state index contributed by atoms with van der Waals surface area (Å²) in [5.41, 5.74) is 11.6. The van der Waals surface area contributed by atoms with Crippen molar-refractivity contribution in [2.45, 2.75) is 52.9 Å². The largest absolute Gasteiger partial charge is 0.366 e. The summed E-state index contributed by atoms with van der Waals surface area (Å²) in [6.45, 7) is 10.4. The molecule has 0 atom stereocenters. The number of nitrogen functional groups attached to an aromatic ring is 1. The summed E-state index contributed by atoms with van der Waals surface area (Å²) in [4.78, 5) is 25.7. The van der Waals surface area contributed by atoms with Crippen LogP contribution < -0.4 is 11.1 Å². The van der Waals surface area contributed by atoms with Crippen LogP contribution in [-0.4, -0.2) is 30.5 Å². The van der Waals surface area contributed by atoms with Crippen LogP contribution in [-0.2, 0) is 16.6 Å². The fourth-order valence-electron chi connectivity index (χ4n) is 3.61. The molecule has 3 aromatic heterocycles. The minimum absolute atomic E-state index is 0.0917. The quantitative estimate of drug-likeness (QED) is 0.469. The molecule has 1 amide bonds. The van der Waals surface area contributed by atoms with Gasteiger partial charge in [-0.1, -0.05) is 45.0 Å². The van der Waals surface area contributed by atoms with Gasteiger partial charge in [0.15, 0.2) is 5.13 Å². The number of nitrogens with zero attached hydrogens (tertiary/aromatic N) is 5. The molecule has 0 unspecified atom stereocenters. The van der Waals surface area contributed by atoms with Crippen LogP contribution in [0, 0.1) is 13.8 Å². The van der Waals surface area contributed by atoms with Crippen LogP contribution in [0.15, 0.2) is 29.6 Å². The number of benzene rings is 1. The van der Waals surface area contributed by atoms with Crippen LogP contribution in [0.3, 0.4) is 0 Å². The number of fused-ring (bicyclic) bond motifs is 1. The molecule has 4 rings (SSSR count). The number of thiazole rings is 1. The second-order valence-electron chi connectivity index (χ2n) is 8.86. The number of hydrogen-bond donors (Lipinski definition) is 2. The normalized spacial score (nSPS) is 11.8. The Bertz CT molecular complexity index is 1280. The molecule has 4 aromatic rings. The predicted octanol–water partition coefficient (Wildman–Crippen LogP) is 4.32. The van der Waals surface area contributed by atoms with Gasteiger partial charge in [-0.25, -0.2) is 9.97 Å². The molecule has 0 saturated heterocycles. The minimum atomic E-state index is -0.0917. The van der Waals surface area contributed by atoms with Gasteiger partial charge in [0, 0.05) is 28.8 Å². The monoisotopic (exact) mass is 449 g/mol. The Kier molecular flexibility index (Phi) is 5.68. The summed E-state index contributed by atoms with van der Waals surface area (Å²) in [5.74, 6) is 0.560. The topological polar surface area (TPSA) is 111 Å². The van der Waals surface area contributed by atoms with Crippen LogP contribution in [0.5, 0.6) is 0 Å². The number of aryl methyl sites for hydroxylation is 2. The van der Waals surface area contributed by atoms with Gasteiger partial charge in [-0.15, -0.1) is 16.4 Å². The first-order valence-corrected chi connectivity index (χ1v) is 11.3. The summed E-state index contributed by atoms with van der Waals surface area (Å²) in [5, 5.41) is 9.64. The highest BCUT2D eigenvalue weighted by atomic mass is 32.1. The Morgan fingerprint density at radius 3 is 2.53 bits per heavy atom. The van der Waals surface area contributed by atoms with Gasteiger partial charge in [-0.3, -0.25) is 4.79 Å². The molecule has 0 aliphatic heterocycles. The van der Waals surface area contributed by atoms with E-state index < -0.39 is 0 Å². The first-order chi connectivity index (χ1) is 15.1. The highest BCUT2D eigenvalue weighted by Gasteiger charge is 2.16. The Labute approximate surface area is 190 Å². The molecule has 0 fully saturated rings. The van der Waals surface area contributed by atoms with Crippen molar-refractivity contribution >= 4 is 34.1 Å². The predicted molar refractivity (Wildman–Crippen MR) is 128 cm³/mol. The van der Waals surface area contributed by atoms with E-state index in [0.29, 0.717) is 23.8 Å². The third kappa shape index (κ3) is 4.47. The van der Waals surface area contributed by atoms with Gasteiger partial charge in [-0.2, -0.15) is 9.50 Å². The summed E-state index contributed by atoms with van der Waals surface area (Å²) < 4.78 is 1.62. The molecule has 0 aliphatic carbocycles. The second-order valence-corrected chi connectivity index (χ2v) is 9.71. The summed E-state index contributed by atoms with van der Waals surface area (Å²) in [6, 6.07) is 8.41. The van der Waals surface area contributed by atoms with Crippen molar-refractivity contribution in [1.82, 2.24) is 24.6 Å². The van der Waals surface area contributed by atoms with Crippen LogP contribution in [0.2, 0.25) is 0 Å². The van der Waals surface area contributed by atoms with E-state index in [1.807, 2.05) is 19.2 Å². The molecule has 0 aliphatic rings. The molecule has 32 heavy (non-hydrogen) atoms. The number of carbonyl (C=O) groups excluding carboxylic acids is 1. The molecule has 0 radical (unpaired) electrons. The van der Waals surface area contributed by atoms with Crippen molar-refractivity contribution in [3.63, 3.8) is 0 Å². The van der Waals surface area contributed by atoms with Crippen molar-refractivity contribution < 1.29 is 4.79 Å². The van der Waals surface area contributed by atoms with Crippen LogP contribution >= 0.6 is 11.3 Å². The first kappa shape index (κ1) is 21.9. The Hall–Kier alpha value is -3.33. The maximum Gasteiger partial charge on any atom is 0.254 e. The lowest BCUT2D eigenvalue weighted by atomic mass is 9.86. The van der Waals surface area contributed by atoms with E-state index in [-0.39, 0.29) is 17.3 Å². The van der Waals surface area contributed by atoms with Gasteiger partial charge >= 0.3 is 0 Å². The maximum absolute atomic E-state index is 12.6. The standard InChI is InChI=1S/C23H27N7OS/c1-13-17(14(2)30-21(25-13)28-20(24)29-30)10-11-19(31)27-22-26-18(12-32-22)15-6-8-16(9-7-15)23(3,4)5/h6-9,12H,10-11H2,1-5H3,(H2,24,29)(H,26,27,31). The molecular weight excluding hydrogens is 422 g/mol. The number of carbonyl (C=O) groups is 1. The van der Waals surface area contributed by atoms with Crippen LogP contribution in [0.1, 0.15) is 49.7 Å². The molecule has 3 heterocycles. The molecule has 0 spiro atoms. The van der Waals surface area contributed by atoms with Gasteiger partial charge in [0.05, 0.1) is 5.69 Å². The number of anilines is 2.